The molecule has 1 heterocycles. The van der Waals surface area contributed by atoms with Crippen molar-refractivity contribution in [2.24, 2.45) is 0 Å². The molecule has 2 aromatic rings. The van der Waals surface area contributed by atoms with Crippen LogP contribution in [0.1, 0.15) is 19.1 Å². The minimum absolute atomic E-state index is 0.202. The van der Waals surface area contributed by atoms with Crippen LogP contribution in [0.2, 0.25) is 0 Å². The number of carbonyl (C=O) groups excluding carboxylic acids is 1. The van der Waals surface area contributed by atoms with Crippen LogP contribution in [-0.4, -0.2) is 25.2 Å². The van der Waals surface area contributed by atoms with Crippen molar-refractivity contribution in [2.75, 3.05) is 14.2 Å². The number of hydrogen-bond acceptors (Lipinski definition) is 5. The highest BCUT2D eigenvalue weighted by Crippen LogP contribution is 2.38. The topological polar surface area (TPSA) is 48.4 Å². The number of rotatable bonds is 4. The highest BCUT2D eigenvalue weighted by Gasteiger charge is 2.23. The van der Waals surface area contributed by atoms with Crippen LogP contribution in [0.15, 0.2) is 24.3 Å². The summed E-state index contributed by atoms with van der Waals surface area (Å²) in [5.74, 6) is 0.388. The Balaban J connectivity index is 2.44. The molecular formula is C13H11Br2NO3S. The summed E-state index contributed by atoms with van der Waals surface area (Å²) < 4.78 is 9.70. The van der Waals surface area contributed by atoms with Crippen molar-refractivity contribution in [1.29, 1.82) is 0 Å². The second-order valence-electron chi connectivity index (χ2n) is 3.75. The van der Waals surface area contributed by atoms with E-state index in [-0.39, 0.29) is 9.71 Å². The number of carbonyl (C=O) groups is 1. The molecule has 0 saturated carbocycles. The van der Waals surface area contributed by atoms with Crippen molar-refractivity contribution >= 4 is 49.2 Å². The zero-order valence-electron chi connectivity index (χ0n) is 10.7. The Morgan fingerprint density at radius 1 is 1.25 bits per heavy atom. The summed E-state index contributed by atoms with van der Waals surface area (Å²) in [6, 6.07) is 7.52. The fourth-order valence-corrected chi connectivity index (χ4v) is 3.57. The maximum Gasteiger partial charge on any atom is 0.350 e. The van der Waals surface area contributed by atoms with Crippen molar-refractivity contribution in [1.82, 2.24) is 4.98 Å². The highest BCUT2D eigenvalue weighted by molar-refractivity contribution is 9.24. The Kier molecular flexibility index (Phi) is 5.17. The van der Waals surface area contributed by atoms with Gasteiger partial charge in [0.15, 0.2) is 0 Å². The van der Waals surface area contributed by atoms with Gasteiger partial charge in [-0.05, 0) is 24.3 Å². The fourth-order valence-electron chi connectivity index (χ4n) is 1.58. The number of benzene rings is 1. The monoisotopic (exact) mass is 419 g/mol. The normalized spacial score (nSPS) is 10.7. The van der Waals surface area contributed by atoms with E-state index in [1.165, 1.54) is 18.4 Å². The van der Waals surface area contributed by atoms with Crippen molar-refractivity contribution in [3.05, 3.63) is 34.8 Å². The summed E-state index contributed by atoms with van der Waals surface area (Å²) in [6.07, 6.45) is 0. The summed E-state index contributed by atoms with van der Waals surface area (Å²) >= 11 is 8.05. The van der Waals surface area contributed by atoms with Crippen LogP contribution in [0.3, 0.4) is 0 Å². The Labute approximate surface area is 137 Å². The summed E-state index contributed by atoms with van der Waals surface area (Å²) in [6.45, 7) is 0. The van der Waals surface area contributed by atoms with E-state index in [0.29, 0.717) is 10.6 Å². The fraction of sp³-hybridized carbons (Fsp3) is 0.231. The van der Waals surface area contributed by atoms with Gasteiger partial charge in [-0.25, -0.2) is 9.78 Å². The lowest BCUT2D eigenvalue weighted by Gasteiger charge is -2.00. The predicted molar refractivity (Wildman–Crippen MR) is 86.0 cm³/mol. The Bertz CT molecular complexity index is 611. The number of nitrogens with zero attached hydrogens (tertiary/aromatic N) is 1. The van der Waals surface area contributed by atoms with Crippen molar-refractivity contribution in [3.8, 4) is 16.3 Å². The first-order chi connectivity index (χ1) is 9.56. The Morgan fingerprint density at radius 3 is 2.40 bits per heavy atom. The van der Waals surface area contributed by atoms with Crippen molar-refractivity contribution in [3.63, 3.8) is 0 Å². The number of halogens is 2. The van der Waals surface area contributed by atoms with E-state index >= 15 is 0 Å². The second kappa shape index (κ2) is 6.69. The third-order valence-electron chi connectivity index (χ3n) is 2.57. The zero-order valence-corrected chi connectivity index (χ0v) is 14.7. The van der Waals surface area contributed by atoms with E-state index in [2.05, 4.69) is 36.8 Å². The van der Waals surface area contributed by atoms with Gasteiger partial charge >= 0.3 is 5.97 Å². The average molecular weight is 421 g/mol. The van der Waals surface area contributed by atoms with E-state index in [9.17, 15) is 4.79 Å². The number of alkyl halides is 2. The molecule has 0 fully saturated rings. The third kappa shape index (κ3) is 3.21. The molecular weight excluding hydrogens is 410 g/mol. The van der Waals surface area contributed by atoms with Gasteiger partial charge in [-0.3, -0.25) is 0 Å². The SMILES string of the molecule is COC(=O)c1sc(-c2ccc(OC)cc2)nc1C(Br)Br. The van der Waals surface area contributed by atoms with Crippen molar-refractivity contribution < 1.29 is 14.3 Å². The second-order valence-corrected chi connectivity index (χ2v) is 7.81. The lowest BCUT2D eigenvalue weighted by atomic mass is 10.2. The Morgan fingerprint density at radius 2 is 1.90 bits per heavy atom. The molecule has 4 nitrogen and oxygen atoms in total. The summed E-state index contributed by atoms with van der Waals surface area (Å²) in [5.41, 5.74) is 1.54. The predicted octanol–water partition coefficient (Wildman–Crippen LogP) is 4.39. The Hall–Kier alpha value is -0.920. The maximum absolute atomic E-state index is 11.8. The minimum atomic E-state index is -0.388. The molecule has 0 amide bonds. The molecule has 0 aliphatic heterocycles. The van der Waals surface area contributed by atoms with Crippen LogP contribution in [0.4, 0.5) is 0 Å². The molecule has 0 spiro atoms. The quantitative estimate of drug-likeness (QED) is 0.543. The van der Waals surface area contributed by atoms with E-state index < -0.39 is 0 Å². The summed E-state index contributed by atoms with van der Waals surface area (Å²) in [4.78, 5) is 16.7. The largest absolute Gasteiger partial charge is 0.497 e. The first kappa shape index (κ1) is 15.5. The zero-order chi connectivity index (χ0) is 14.7. The van der Waals surface area contributed by atoms with Gasteiger partial charge in [-0.1, -0.05) is 31.9 Å². The summed E-state index contributed by atoms with van der Waals surface area (Å²) in [5, 5.41) is 0.756. The van der Waals surface area contributed by atoms with Gasteiger partial charge in [-0.2, -0.15) is 0 Å². The lowest BCUT2D eigenvalue weighted by Crippen LogP contribution is -2.02. The number of ether oxygens (including phenoxy) is 2. The van der Waals surface area contributed by atoms with Gasteiger partial charge < -0.3 is 9.47 Å². The third-order valence-corrected chi connectivity index (χ3v) is 4.54. The van der Waals surface area contributed by atoms with Crippen LogP contribution in [0, 0.1) is 0 Å². The van der Waals surface area contributed by atoms with Crippen molar-refractivity contribution in [2.45, 2.75) is 3.74 Å². The molecule has 0 saturated heterocycles. The summed E-state index contributed by atoms with van der Waals surface area (Å²) in [7, 11) is 2.97. The molecule has 106 valence electrons. The maximum atomic E-state index is 11.8. The number of thiazole rings is 1. The molecule has 0 N–H and O–H groups in total. The van der Waals surface area contributed by atoms with Crippen LogP contribution < -0.4 is 4.74 Å². The average Bonchev–Trinajstić information content (AvgIpc) is 2.92. The van der Waals surface area contributed by atoms with E-state index in [0.717, 1.165) is 16.3 Å². The van der Waals surface area contributed by atoms with Gasteiger partial charge in [0, 0.05) is 5.56 Å². The molecule has 0 unspecified atom stereocenters. The van der Waals surface area contributed by atoms with Crippen LogP contribution in [0.5, 0.6) is 5.75 Å². The van der Waals surface area contributed by atoms with Gasteiger partial charge in [0.05, 0.1) is 19.9 Å². The number of methoxy groups -OCH3 is 2. The van der Waals surface area contributed by atoms with Crippen LogP contribution >= 0.6 is 43.2 Å². The molecule has 0 atom stereocenters. The molecule has 20 heavy (non-hydrogen) atoms. The van der Waals surface area contributed by atoms with Gasteiger partial charge in [-0.15, -0.1) is 11.3 Å². The molecule has 7 heteroatoms. The van der Waals surface area contributed by atoms with Crippen LogP contribution in [0.25, 0.3) is 10.6 Å². The highest BCUT2D eigenvalue weighted by atomic mass is 79.9. The van der Waals surface area contributed by atoms with Crippen LogP contribution in [-0.2, 0) is 4.74 Å². The number of aromatic nitrogens is 1. The number of hydrogen-bond donors (Lipinski definition) is 0. The molecule has 1 aromatic heterocycles. The van der Waals surface area contributed by atoms with Gasteiger partial charge in [0.2, 0.25) is 0 Å². The molecule has 0 aliphatic rings. The molecule has 0 radical (unpaired) electrons. The van der Waals surface area contributed by atoms with E-state index in [1.54, 1.807) is 7.11 Å². The standard InChI is InChI=1S/C13H11Br2NO3S/c1-18-8-5-3-7(4-6-8)12-16-9(11(14)15)10(20-12)13(17)19-2/h3-6,11H,1-2H3. The smallest absolute Gasteiger partial charge is 0.350 e. The first-order valence-electron chi connectivity index (χ1n) is 5.58. The van der Waals surface area contributed by atoms with Gasteiger partial charge in [0.25, 0.3) is 0 Å². The van der Waals surface area contributed by atoms with Gasteiger partial charge in [0.1, 0.15) is 19.4 Å². The molecule has 0 aliphatic carbocycles. The minimum Gasteiger partial charge on any atom is -0.497 e. The number of esters is 1. The molecule has 0 bridgehead atoms. The van der Waals surface area contributed by atoms with E-state index in [4.69, 9.17) is 9.47 Å². The molecule has 1 aromatic carbocycles. The first-order valence-corrected chi connectivity index (χ1v) is 8.23. The lowest BCUT2D eigenvalue weighted by molar-refractivity contribution is 0.0605. The molecule has 2 rings (SSSR count). The van der Waals surface area contributed by atoms with E-state index in [1.807, 2.05) is 24.3 Å².